The number of nitrogens with one attached hydrogen (secondary N) is 1. The molecule has 0 aromatic carbocycles. The summed E-state index contributed by atoms with van der Waals surface area (Å²) >= 11 is 0. The van der Waals surface area contributed by atoms with Gasteiger partial charge in [-0.2, -0.15) is 4.98 Å². The normalized spacial score (nSPS) is 17.1. The molecule has 0 spiro atoms. The van der Waals surface area contributed by atoms with Crippen LogP contribution in [0.2, 0.25) is 0 Å². The Morgan fingerprint density at radius 2 is 2.05 bits per heavy atom. The molecule has 1 N–H and O–H groups in total. The first-order valence-corrected chi connectivity index (χ1v) is 6.31. The number of hydrogen-bond acceptors (Lipinski definition) is 4. The third-order valence-corrected chi connectivity index (χ3v) is 3.20. The number of allylic oxidation sites excluding steroid dienone is 1. The van der Waals surface area contributed by atoms with Gasteiger partial charge in [-0.3, -0.25) is 4.79 Å². The Labute approximate surface area is 111 Å². The van der Waals surface area contributed by atoms with Crippen LogP contribution in [-0.4, -0.2) is 16.0 Å². The fraction of sp³-hybridized carbons (Fsp3) is 0.615. The number of amides is 1. The van der Waals surface area contributed by atoms with Gasteiger partial charge >= 0.3 is 0 Å². The maximum atomic E-state index is 14.1. The van der Waals surface area contributed by atoms with E-state index in [1.165, 1.54) is 6.92 Å². The van der Waals surface area contributed by atoms with Gasteiger partial charge in [0.2, 0.25) is 5.91 Å². The number of halogens is 1. The molecule has 6 heteroatoms. The smallest absolute Gasteiger partial charge is 0.286 e. The first-order chi connectivity index (χ1) is 8.81. The van der Waals surface area contributed by atoms with Gasteiger partial charge in [-0.25, -0.2) is 4.39 Å². The van der Waals surface area contributed by atoms with Crippen molar-refractivity contribution in [1.82, 2.24) is 15.5 Å². The second-order valence-electron chi connectivity index (χ2n) is 5.50. The lowest BCUT2D eigenvalue weighted by Gasteiger charge is -2.20. The van der Waals surface area contributed by atoms with Crippen molar-refractivity contribution in [3.05, 3.63) is 17.3 Å². The molecule has 104 valence electrons. The maximum absolute atomic E-state index is 14.1. The van der Waals surface area contributed by atoms with Gasteiger partial charge in [-0.1, -0.05) is 5.16 Å². The van der Waals surface area contributed by atoms with E-state index in [4.69, 9.17) is 4.52 Å². The highest BCUT2D eigenvalue weighted by molar-refractivity contribution is 5.73. The number of hydrogen-bond donors (Lipinski definition) is 1. The minimum absolute atomic E-state index is 0.113. The highest BCUT2D eigenvalue weighted by Gasteiger charge is 2.31. The van der Waals surface area contributed by atoms with Crippen LogP contribution in [0, 0.1) is 5.92 Å². The molecular weight excluding hydrogens is 249 g/mol. The third kappa shape index (κ3) is 3.00. The van der Waals surface area contributed by atoms with Gasteiger partial charge in [0.15, 0.2) is 11.7 Å². The van der Waals surface area contributed by atoms with Crippen LogP contribution < -0.4 is 5.32 Å². The Kier molecular flexibility index (Phi) is 3.43. The average molecular weight is 267 g/mol. The zero-order chi connectivity index (χ0) is 14.2. The summed E-state index contributed by atoms with van der Waals surface area (Å²) in [7, 11) is 0. The van der Waals surface area contributed by atoms with E-state index in [9.17, 15) is 9.18 Å². The van der Waals surface area contributed by atoms with Gasteiger partial charge in [0, 0.05) is 6.92 Å². The molecule has 1 amide bonds. The van der Waals surface area contributed by atoms with Crippen molar-refractivity contribution < 1.29 is 13.7 Å². The highest BCUT2D eigenvalue weighted by atomic mass is 19.1. The predicted molar refractivity (Wildman–Crippen MR) is 67.6 cm³/mol. The van der Waals surface area contributed by atoms with Crippen LogP contribution in [0.4, 0.5) is 4.39 Å². The predicted octanol–water partition coefficient (Wildman–Crippen LogP) is 2.55. The number of nitrogens with zero attached hydrogens (tertiary/aromatic N) is 2. The van der Waals surface area contributed by atoms with Crippen molar-refractivity contribution in [2.75, 3.05) is 0 Å². The molecule has 1 aromatic heterocycles. The molecule has 1 saturated carbocycles. The lowest BCUT2D eigenvalue weighted by Crippen LogP contribution is -2.40. The summed E-state index contributed by atoms with van der Waals surface area (Å²) in [6.45, 7) is 6.62. The molecule has 0 saturated heterocycles. The van der Waals surface area contributed by atoms with E-state index >= 15 is 0 Å². The number of carbonyl (C=O) groups excluding carboxylic acids is 1. The zero-order valence-electron chi connectivity index (χ0n) is 11.6. The summed E-state index contributed by atoms with van der Waals surface area (Å²) in [6, 6.07) is 0. The molecule has 1 aromatic rings. The second kappa shape index (κ2) is 4.75. The molecule has 0 atom stereocenters. The molecule has 2 rings (SSSR count). The number of rotatable bonds is 4. The molecule has 1 heterocycles. The molecule has 1 aliphatic rings. The van der Waals surface area contributed by atoms with Crippen molar-refractivity contribution in [2.45, 2.75) is 46.1 Å². The highest BCUT2D eigenvalue weighted by Crippen LogP contribution is 2.40. The first kappa shape index (κ1) is 13.7. The number of carbonyl (C=O) groups is 1. The minimum Gasteiger partial charge on any atom is -0.344 e. The number of aromatic nitrogens is 2. The van der Waals surface area contributed by atoms with E-state index in [2.05, 4.69) is 15.5 Å². The standard InChI is InChI=1S/C13H18FN3O2/c1-7(9-5-6-9)10(14)11-15-12(17-19-11)13(3,4)16-8(2)18/h9H,5-6H2,1-4H3,(H,16,18)/b10-7-. The Morgan fingerprint density at radius 3 is 2.58 bits per heavy atom. The van der Waals surface area contributed by atoms with E-state index in [1.807, 2.05) is 0 Å². The van der Waals surface area contributed by atoms with Crippen LogP contribution in [0.1, 0.15) is 52.3 Å². The largest absolute Gasteiger partial charge is 0.344 e. The van der Waals surface area contributed by atoms with Gasteiger partial charge in [-0.15, -0.1) is 0 Å². The van der Waals surface area contributed by atoms with E-state index in [1.54, 1.807) is 20.8 Å². The van der Waals surface area contributed by atoms with Gasteiger partial charge in [0.05, 0.1) is 5.54 Å². The summed E-state index contributed by atoms with van der Waals surface area (Å²) in [4.78, 5) is 15.1. The van der Waals surface area contributed by atoms with Crippen molar-refractivity contribution in [2.24, 2.45) is 5.92 Å². The first-order valence-electron chi connectivity index (χ1n) is 6.31. The van der Waals surface area contributed by atoms with Crippen molar-refractivity contribution in [1.29, 1.82) is 0 Å². The van der Waals surface area contributed by atoms with Crippen LogP contribution in [0.25, 0.3) is 5.83 Å². The van der Waals surface area contributed by atoms with Crippen molar-refractivity contribution in [3.8, 4) is 0 Å². The van der Waals surface area contributed by atoms with Crippen LogP contribution in [0.15, 0.2) is 10.1 Å². The fourth-order valence-electron chi connectivity index (χ4n) is 1.93. The van der Waals surface area contributed by atoms with E-state index < -0.39 is 11.4 Å². The summed E-state index contributed by atoms with van der Waals surface area (Å²) in [6.07, 6.45) is 2.02. The second-order valence-corrected chi connectivity index (χ2v) is 5.50. The quantitative estimate of drug-likeness (QED) is 0.910. The molecule has 0 aliphatic heterocycles. The molecule has 5 nitrogen and oxygen atoms in total. The maximum Gasteiger partial charge on any atom is 0.286 e. The lowest BCUT2D eigenvalue weighted by molar-refractivity contribution is -0.120. The van der Waals surface area contributed by atoms with E-state index in [0.29, 0.717) is 11.5 Å². The minimum atomic E-state index is -0.790. The van der Waals surface area contributed by atoms with Gasteiger partial charge < -0.3 is 9.84 Å². The van der Waals surface area contributed by atoms with Crippen molar-refractivity contribution >= 4 is 11.7 Å². The Morgan fingerprint density at radius 1 is 1.42 bits per heavy atom. The SMILES string of the molecule is CC(=O)NC(C)(C)c1noc(/C(F)=C(\C)C2CC2)n1. The van der Waals surface area contributed by atoms with Crippen molar-refractivity contribution in [3.63, 3.8) is 0 Å². The molecule has 0 bridgehead atoms. The third-order valence-electron chi connectivity index (χ3n) is 3.20. The van der Waals surface area contributed by atoms with Gasteiger partial charge in [-0.05, 0) is 45.1 Å². The molecule has 0 radical (unpaired) electrons. The van der Waals surface area contributed by atoms with Gasteiger partial charge in [0.25, 0.3) is 5.89 Å². The average Bonchev–Trinajstić information content (AvgIpc) is 3.02. The molecule has 19 heavy (non-hydrogen) atoms. The summed E-state index contributed by atoms with van der Waals surface area (Å²) in [5.74, 6) is -0.200. The monoisotopic (exact) mass is 267 g/mol. The zero-order valence-corrected chi connectivity index (χ0v) is 11.6. The molecule has 1 fully saturated rings. The molecule has 0 unspecified atom stereocenters. The van der Waals surface area contributed by atoms with Crippen LogP contribution in [0.3, 0.4) is 0 Å². The summed E-state index contributed by atoms with van der Waals surface area (Å²) < 4.78 is 19.0. The summed E-state index contributed by atoms with van der Waals surface area (Å²) in [5.41, 5.74) is -0.131. The summed E-state index contributed by atoms with van der Waals surface area (Å²) in [5, 5.41) is 6.44. The van der Waals surface area contributed by atoms with E-state index in [-0.39, 0.29) is 17.6 Å². The topological polar surface area (TPSA) is 68.0 Å². The molecule has 1 aliphatic carbocycles. The van der Waals surface area contributed by atoms with Crippen LogP contribution in [-0.2, 0) is 10.3 Å². The Bertz CT molecular complexity index is 530. The Hall–Kier alpha value is -1.72. The molecular formula is C13H18FN3O2. The van der Waals surface area contributed by atoms with Crippen LogP contribution >= 0.6 is 0 Å². The lowest BCUT2D eigenvalue weighted by atomic mass is 10.1. The van der Waals surface area contributed by atoms with Crippen LogP contribution in [0.5, 0.6) is 0 Å². The van der Waals surface area contributed by atoms with Gasteiger partial charge in [0.1, 0.15) is 0 Å². The Balaban J connectivity index is 2.23. The fourth-order valence-corrected chi connectivity index (χ4v) is 1.93. The van der Waals surface area contributed by atoms with E-state index in [0.717, 1.165) is 12.8 Å².